The molecule has 4 heterocycles. The maximum atomic E-state index is 13.8. The molecule has 0 aliphatic carbocycles. The molecule has 0 unspecified atom stereocenters. The van der Waals surface area contributed by atoms with Crippen LogP contribution in [0.3, 0.4) is 0 Å². The van der Waals surface area contributed by atoms with Crippen molar-refractivity contribution < 1.29 is 23.3 Å². The van der Waals surface area contributed by atoms with Crippen molar-refractivity contribution in [3.8, 4) is 17.0 Å². The van der Waals surface area contributed by atoms with Gasteiger partial charge in [0.15, 0.2) is 11.7 Å². The lowest BCUT2D eigenvalue weighted by Crippen LogP contribution is -2.41. The number of fused-ring (bicyclic) bond motifs is 1. The fourth-order valence-electron chi connectivity index (χ4n) is 6.88. The molecule has 4 aromatic rings. The van der Waals surface area contributed by atoms with E-state index in [2.05, 4.69) is 30.1 Å². The molecule has 0 amide bonds. The number of benzene rings is 2. The lowest BCUT2D eigenvalue weighted by atomic mass is 9.75. The lowest BCUT2D eigenvalue weighted by Gasteiger charge is -2.37. The standard InChI is InChI=1S/C39H47BClN3O6/c1-22-19-26(35-27(20-22)33(46)23(2)36(48-35)44-17-15-37(4,5)16-18-44)24(3)42-30-13-14-31(41)43-32(30)25-11-12-29(28(21-45)34(25)47-10)40-49-38(6,7)39(8,9)50-40/h11-14,19-21,24,42H,15-18H2,1-10H3/t24-/m1/s1. The van der Waals surface area contributed by atoms with Crippen LogP contribution in [-0.2, 0) is 9.31 Å². The molecule has 6 rings (SSSR count). The molecule has 2 aliphatic rings. The van der Waals surface area contributed by atoms with Gasteiger partial charge in [-0.2, -0.15) is 0 Å². The van der Waals surface area contributed by atoms with Crippen LogP contribution in [-0.4, -0.2) is 49.8 Å². The highest BCUT2D eigenvalue weighted by atomic mass is 35.5. The fourth-order valence-corrected chi connectivity index (χ4v) is 7.03. The number of carbonyl (C=O) groups is 1. The molecule has 0 saturated carbocycles. The zero-order valence-corrected chi connectivity index (χ0v) is 31.5. The zero-order valence-electron chi connectivity index (χ0n) is 30.7. The number of piperidine rings is 1. The Hall–Kier alpha value is -3.86. The molecule has 2 aromatic carbocycles. The van der Waals surface area contributed by atoms with Crippen molar-refractivity contribution in [3.05, 3.63) is 74.0 Å². The first-order valence-electron chi connectivity index (χ1n) is 17.2. The topological polar surface area (TPSA) is 103 Å². The fraction of sp³-hybridized carbons (Fsp3) is 0.462. The summed E-state index contributed by atoms with van der Waals surface area (Å²) in [7, 11) is 0.756. The van der Waals surface area contributed by atoms with Gasteiger partial charge in [0.05, 0.1) is 52.2 Å². The first kappa shape index (κ1) is 36.0. The largest absolute Gasteiger partial charge is 0.495 e. The van der Waals surface area contributed by atoms with Crippen molar-refractivity contribution in [1.82, 2.24) is 4.98 Å². The van der Waals surface area contributed by atoms with E-state index in [0.717, 1.165) is 43.3 Å². The highest BCUT2D eigenvalue weighted by molar-refractivity contribution is 6.63. The van der Waals surface area contributed by atoms with E-state index < -0.39 is 18.3 Å². The average molecular weight is 700 g/mol. The molecule has 0 radical (unpaired) electrons. The Bertz CT molecular complexity index is 2020. The molecule has 2 aromatic heterocycles. The maximum absolute atomic E-state index is 13.8. The number of ether oxygens (including phenoxy) is 1. The van der Waals surface area contributed by atoms with E-state index in [1.165, 1.54) is 7.11 Å². The van der Waals surface area contributed by atoms with Crippen molar-refractivity contribution >= 4 is 53.0 Å². The molecule has 1 atom stereocenters. The van der Waals surface area contributed by atoms with Crippen LogP contribution in [0.25, 0.3) is 22.2 Å². The van der Waals surface area contributed by atoms with Crippen LogP contribution in [0.5, 0.6) is 5.75 Å². The normalized spacial score (nSPS) is 18.7. The number of hydrogen-bond acceptors (Lipinski definition) is 9. The van der Waals surface area contributed by atoms with E-state index in [1.807, 2.05) is 72.7 Å². The molecule has 264 valence electrons. The summed E-state index contributed by atoms with van der Waals surface area (Å²) in [6, 6.07) is 10.8. The Kier molecular flexibility index (Phi) is 9.38. The number of methoxy groups -OCH3 is 1. The number of rotatable bonds is 8. The zero-order chi connectivity index (χ0) is 36.3. The number of nitrogens with one attached hydrogen (secondary N) is 1. The van der Waals surface area contributed by atoms with Crippen molar-refractivity contribution in [2.45, 2.75) is 92.4 Å². The third kappa shape index (κ3) is 6.42. The van der Waals surface area contributed by atoms with Gasteiger partial charge in [-0.3, -0.25) is 9.59 Å². The van der Waals surface area contributed by atoms with Gasteiger partial charge in [0, 0.05) is 24.2 Å². The van der Waals surface area contributed by atoms with Gasteiger partial charge in [-0.1, -0.05) is 37.6 Å². The SMILES string of the molecule is COc1c(-c2nc(Cl)ccc2N[C@H](C)c2cc(C)cc3c(=O)c(C)c(N4CCC(C)(C)CC4)oc23)ccc(B2OC(C)(C)C(C)(C)O2)c1C=O. The number of anilines is 2. The molecule has 0 bridgehead atoms. The Morgan fingerprint density at radius 2 is 1.68 bits per heavy atom. The van der Waals surface area contributed by atoms with Crippen LogP contribution < -0.4 is 25.8 Å². The summed E-state index contributed by atoms with van der Waals surface area (Å²) in [4.78, 5) is 33.4. The van der Waals surface area contributed by atoms with Gasteiger partial charge < -0.3 is 28.7 Å². The van der Waals surface area contributed by atoms with E-state index in [0.29, 0.717) is 56.1 Å². The summed E-state index contributed by atoms with van der Waals surface area (Å²) in [5, 5.41) is 4.44. The molecule has 2 aliphatic heterocycles. The van der Waals surface area contributed by atoms with Gasteiger partial charge in [0.1, 0.15) is 16.5 Å². The number of hydrogen-bond donors (Lipinski definition) is 1. The molecule has 11 heteroatoms. The molecule has 2 saturated heterocycles. The number of nitrogens with zero attached hydrogens (tertiary/aromatic N) is 2. The van der Waals surface area contributed by atoms with Gasteiger partial charge in [-0.05, 0) is 102 Å². The summed E-state index contributed by atoms with van der Waals surface area (Å²) in [6.07, 6.45) is 2.80. The summed E-state index contributed by atoms with van der Waals surface area (Å²) >= 11 is 6.48. The van der Waals surface area contributed by atoms with Crippen LogP contribution in [0.15, 0.2) is 45.6 Å². The molecule has 2 fully saturated rings. The van der Waals surface area contributed by atoms with Crippen LogP contribution in [0.1, 0.15) is 94.4 Å². The van der Waals surface area contributed by atoms with Crippen LogP contribution in [0.2, 0.25) is 5.15 Å². The molecule has 50 heavy (non-hydrogen) atoms. The van der Waals surface area contributed by atoms with Gasteiger partial charge >= 0.3 is 7.12 Å². The molecule has 1 N–H and O–H groups in total. The van der Waals surface area contributed by atoms with Gasteiger partial charge in [-0.25, -0.2) is 4.98 Å². The summed E-state index contributed by atoms with van der Waals surface area (Å²) in [5.74, 6) is 0.965. The second-order valence-corrected chi connectivity index (χ2v) is 15.9. The first-order valence-corrected chi connectivity index (χ1v) is 17.6. The third-order valence-electron chi connectivity index (χ3n) is 10.8. The molecule has 9 nitrogen and oxygen atoms in total. The molecular weight excluding hydrogens is 653 g/mol. The Balaban J connectivity index is 1.41. The van der Waals surface area contributed by atoms with Crippen LogP contribution in [0, 0.1) is 19.3 Å². The van der Waals surface area contributed by atoms with E-state index in [-0.39, 0.29) is 22.0 Å². The quantitative estimate of drug-likeness (QED) is 0.111. The Morgan fingerprint density at radius 3 is 2.30 bits per heavy atom. The van der Waals surface area contributed by atoms with E-state index >= 15 is 0 Å². The van der Waals surface area contributed by atoms with Crippen molar-refractivity contribution in [2.75, 3.05) is 30.4 Å². The number of aromatic nitrogens is 1. The molecular formula is C39H47BClN3O6. The minimum Gasteiger partial charge on any atom is -0.495 e. The second-order valence-electron chi connectivity index (χ2n) is 15.5. The number of pyridine rings is 1. The summed E-state index contributed by atoms with van der Waals surface area (Å²) in [5.41, 5.74) is 4.62. The third-order valence-corrected chi connectivity index (χ3v) is 11.0. The predicted molar refractivity (Wildman–Crippen MR) is 202 cm³/mol. The van der Waals surface area contributed by atoms with Crippen molar-refractivity contribution in [1.29, 1.82) is 0 Å². The minimum atomic E-state index is -0.762. The highest BCUT2D eigenvalue weighted by Crippen LogP contribution is 2.41. The second kappa shape index (κ2) is 13.0. The minimum absolute atomic E-state index is 0.0229. The van der Waals surface area contributed by atoms with E-state index in [9.17, 15) is 9.59 Å². The van der Waals surface area contributed by atoms with Crippen molar-refractivity contribution in [3.63, 3.8) is 0 Å². The monoisotopic (exact) mass is 699 g/mol. The number of aldehydes is 1. The summed E-state index contributed by atoms with van der Waals surface area (Å²) in [6.45, 7) is 19.9. The lowest BCUT2D eigenvalue weighted by molar-refractivity contribution is 0.00578. The first-order chi connectivity index (χ1) is 23.5. The van der Waals surface area contributed by atoms with Gasteiger partial charge in [-0.15, -0.1) is 0 Å². The average Bonchev–Trinajstić information content (AvgIpc) is 3.28. The van der Waals surface area contributed by atoms with Crippen LogP contribution in [0.4, 0.5) is 11.6 Å². The van der Waals surface area contributed by atoms with Gasteiger partial charge in [0.2, 0.25) is 5.88 Å². The Labute approximate surface area is 299 Å². The predicted octanol–water partition coefficient (Wildman–Crippen LogP) is 8.05. The molecule has 0 spiro atoms. The van der Waals surface area contributed by atoms with E-state index in [1.54, 1.807) is 6.07 Å². The smallest absolute Gasteiger partial charge is 0.495 e. The summed E-state index contributed by atoms with van der Waals surface area (Å²) < 4.78 is 25.1. The van der Waals surface area contributed by atoms with Gasteiger partial charge in [0.25, 0.3) is 0 Å². The van der Waals surface area contributed by atoms with Crippen molar-refractivity contribution in [2.24, 2.45) is 5.41 Å². The maximum Gasteiger partial charge on any atom is 0.495 e. The number of carbonyl (C=O) groups excluding carboxylic acids is 1. The van der Waals surface area contributed by atoms with Crippen LogP contribution >= 0.6 is 11.6 Å². The van der Waals surface area contributed by atoms with E-state index in [4.69, 9.17) is 35.0 Å². The number of aryl methyl sites for hydroxylation is 1. The Morgan fingerprint density at radius 1 is 1.02 bits per heavy atom. The highest BCUT2D eigenvalue weighted by Gasteiger charge is 2.52. The number of halogens is 1.